The fraction of sp³-hybridized carbons (Fsp3) is 1.00. The maximum Gasteiger partial charge on any atom is 0.272 e. The monoisotopic (exact) mass is 393 g/mol. The summed E-state index contributed by atoms with van der Waals surface area (Å²) in [6.07, 6.45) is -11.7. The summed E-state index contributed by atoms with van der Waals surface area (Å²) in [6.45, 7) is 0. The molecule has 6 bridgehead atoms. The molecular weight excluding hydrogens is 386 g/mol. The van der Waals surface area contributed by atoms with Crippen molar-refractivity contribution in [2.75, 3.05) is 0 Å². The van der Waals surface area contributed by atoms with Crippen molar-refractivity contribution in [3.63, 3.8) is 0 Å². The first-order chi connectivity index (χ1) is 12.6. The normalized spacial score (nSPS) is 35.6. The Kier molecular flexibility index (Phi) is 2.90. The molecule has 21 nitrogen and oxygen atoms in total. The molecule has 6 unspecified atom stereocenters. The Morgan fingerprint density at radius 2 is 0.741 bits per heavy atom. The van der Waals surface area contributed by atoms with Gasteiger partial charge < -0.3 is 0 Å². The van der Waals surface area contributed by atoms with Crippen molar-refractivity contribution in [1.29, 1.82) is 0 Å². The molecule has 5 aliphatic heterocycles. The Morgan fingerprint density at radius 3 is 1.07 bits per heavy atom. The molecular formula is C6H7N11O10. The lowest BCUT2D eigenvalue weighted by molar-refractivity contribution is -0.785. The number of nitrogens with one attached hydrogen (secondary N) is 1. The van der Waals surface area contributed by atoms with Crippen LogP contribution in [0.15, 0.2) is 0 Å². The molecule has 0 spiro atoms. The van der Waals surface area contributed by atoms with E-state index < -0.39 is 62.2 Å². The summed E-state index contributed by atoms with van der Waals surface area (Å²) in [4.78, 5) is 57.6. The van der Waals surface area contributed by atoms with Gasteiger partial charge in [0.25, 0.3) is 24.7 Å². The highest BCUT2D eigenvalue weighted by Gasteiger charge is 2.85. The van der Waals surface area contributed by atoms with Crippen molar-refractivity contribution in [3.05, 3.63) is 50.6 Å². The van der Waals surface area contributed by atoms with E-state index in [-0.39, 0.29) is 25.0 Å². The number of hydrazine groups is 5. The van der Waals surface area contributed by atoms with Gasteiger partial charge in [-0.1, -0.05) is 25.0 Å². The van der Waals surface area contributed by atoms with Crippen molar-refractivity contribution in [2.45, 2.75) is 37.0 Å². The van der Waals surface area contributed by atoms with Gasteiger partial charge in [0.05, 0.1) is 0 Å². The fourth-order valence-corrected chi connectivity index (χ4v) is 4.16. The Morgan fingerprint density at radius 1 is 0.481 bits per heavy atom. The van der Waals surface area contributed by atoms with E-state index in [1.807, 2.05) is 0 Å². The molecule has 0 aromatic carbocycles. The highest BCUT2D eigenvalue weighted by atomic mass is 16.7. The van der Waals surface area contributed by atoms with Gasteiger partial charge in [-0.05, 0) is 0 Å². The number of hydrogen-bond donors (Lipinski definition) is 1. The van der Waals surface area contributed by atoms with E-state index in [9.17, 15) is 50.6 Å². The van der Waals surface area contributed by atoms with Crippen LogP contribution in [0.4, 0.5) is 0 Å². The average Bonchev–Trinajstić information content (AvgIpc) is 2.98. The molecule has 6 atom stereocenters. The molecule has 1 N–H and O–H groups in total. The first kappa shape index (κ1) is 16.4. The lowest BCUT2D eigenvalue weighted by Crippen LogP contribution is -2.76. The molecule has 27 heavy (non-hydrogen) atoms. The smallest absolute Gasteiger partial charge is 0.260 e. The maximum absolute atomic E-state index is 11.6. The Balaban J connectivity index is 2.03. The summed E-state index contributed by atoms with van der Waals surface area (Å²) < 4.78 is 0. The second kappa shape index (κ2) is 4.77. The SMILES string of the molecule is O=[N+]([O-])N1C2NC3C1N([N+](=O)[O-])C1C(N3[N+](=O)[O-])N([N+](=O)[O-])C2N1[N+](=O)[O-]. The van der Waals surface area contributed by atoms with Crippen LogP contribution in [-0.2, 0) is 0 Å². The number of hydrogen-bond acceptors (Lipinski definition) is 11. The maximum atomic E-state index is 11.6. The summed E-state index contributed by atoms with van der Waals surface area (Å²) in [5.74, 6) is 0. The molecule has 5 saturated heterocycles. The van der Waals surface area contributed by atoms with Gasteiger partial charge in [-0.25, -0.2) is 50.6 Å². The van der Waals surface area contributed by atoms with Gasteiger partial charge in [0.15, 0.2) is 37.5 Å². The van der Waals surface area contributed by atoms with Gasteiger partial charge >= 0.3 is 0 Å². The zero-order valence-corrected chi connectivity index (χ0v) is 12.5. The van der Waals surface area contributed by atoms with Gasteiger partial charge in [-0.2, -0.15) is 0 Å². The molecule has 5 fully saturated rings. The third kappa shape index (κ3) is 1.69. The van der Waals surface area contributed by atoms with Crippen molar-refractivity contribution in [2.24, 2.45) is 0 Å². The minimum absolute atomic E-state index is 0.0519. The summed E-state index contributed by atoms with van der Waals surface area (Å²) in [6, 6.07) is 0. The number of rotatable bonds is 5. The van der Waals surface area contributed by atoms with Crippen molar-refractivity contribution in [1.82, 2.24) is 30.4 Å². The van der Waals surface area contributed by atoms with Crippen LogP contribution in [0.3, 0.4) is 0 Å². The minimum Gasteiger partial charge on any atom is -0.260 e. The van der Waals surface area contributed by atoms with Gasteiger partial charge in [0.2, 0.25) is 0 Å². The second-order valence-corrected chi connectivity index (χ2v) is 5.80. The zero-order valence-electron chi connectivity index (χ0n) is 12.5. The quantitative estimate of drug-likeness (QED) is 0.346. The predicted octanol–water partition coefficient (Wildman–Crippen LogP) is -3.94. The highest BCUT2D eigenvalue weighted by molar-refractivity contribution is 5.09. The van der Waals surface area contributed by atoms with Crippen molar-refractivity contribution < 1.29 is 25.2 Å². The van der Waals surface area contributed by atoms with Crippen LogP contribution in [0.25, 0.3) is 0 Å². The Hall–Kier alpha value is -4.04. The van der Waals surface area contributed by atoms with Crippen LogP contribution in [0.2, 0.25) is 0 Å². The summed E-state index contributed by atoms with van der Waals surface area (Å²) in [5, 5.41) is 54.5. The lowest BCUT2D eigenvalue weighted by Gasteiger charge is -2.40. The first-order valence-electron chi connectivity index (χ1n) is 6.99. The number of nitrogens with zero attached hydrogens (tertiary/aromatic N) is 10. The summed E-state index contributed by atoms with van der Waals surface area (Å²) in [7, 11) is 0. The predicted molar refractivity (Wildman–Crippen MR) is 70.0 cm³/mol. The molecule has 0 amide bonds. The minimum atomic E-state index is -2.13. The van der Waals surface area contributed by atoms with Gasteiger partial charge in [-0.15, -0.1) is 0 Å². The average molecular weight is 393 g/mol. The molecule has 21 heteroatoms. The molecule has 146 valence electrons. The van der Waals surface area contributed by atoms with E-state index >= 15 is 0 Å². The molecule has 5 heterocycles. The van der Waals surface area contributed by atoms with Crippen molar-refractivity contribution >= 4 is 0 Å². The Bertz CT molecular complexity index is 774. The van der Waals surface area contributed by atoms with E-state index in [2.05, 4.69) is 5.32 Å². The standard InChI is InChI=1S/C6H7N11O10/c18-13(19)8-2-4-11(16(24)25)5-6(12(4)17(26)27)10(15(22)23)3(8)1(7-2)9(5)14(20)21/h1-7H. The molecule has 0 saturated carbocycles. The number of nitro groups is 5. The largest absolute Gasteiger partial charge is 0.272 e. The van der Waals surface area contributed by atoms with Gasteiger partial charge in [-0.3, -0.25) is 5.32 Å². The van der Waals surface area contributed by atoms with Crippen LogP contribution in [-0.4, -0.2) is 87.2 Å². The van der Waals surface area contributed by atoms with Crippen molar-refractivity contribution in [3.8, 4) is 0 Å². The molecule has 0 aromatic rings. The fourth-order valence-electron chi connectivity index (χ4n) is 4.16. The summed E-state index contributed by atoms with van der Waals surface area (Å²) >= 11 is 0. The number of piperazine rings is 1. The van der Waals surface area contributed by atoms with E-state index in [4.69, 9.17) is 0 Å². The van der Waals surface area contributed by atoms with Crippen LogP contribution < -0.4 is 5.32 Å². The zero-order chi connectivity index (χ0) is 19.9. The molecule has 0 radical (unpaired) electrons. The lowest BCUT2D eigenvalue weighted by atomic mass is 10.2. The van der Waals surface area contributed by atoms with E-state index in [0.29, 0.717) is 0 Å². The highest BCUT2D eigenvalue weighted by Crippen LogP contribution is 2.47. The first-order valence-corrected chi connectivity index (χ1v) is 6.99. The second-order valence-electron chi connectivity index (χ2n) is 5.80. The van der Waals surface area contributed by atoms with E-state index in [1.54, 1.807) is 0 Å². The van der Waals surface area contributed by atoms with Crippen LogP contribution in [0.5, 0.6) is 0 Å². The summed E-state index contributed by atoms with van der Waals surface area (Å²) in [5.41, 5.74) is 0. The molecule has 5 aliphatic rings. The molecule has 5 rings (SSSR count). The Labute approximate surface area is 144 Å². The molecule has 0 aliphatic carbocycles. The van der Waals surface area contributed by atoms with E-state index in [1.165, 1.54) is 0 Å². The van der Waals surface area contributed by atoms with Crippen LogP contribution in [0.1, 0.15) is 0 Å². The molecule has 0 aromatic heterocycles. The topological polar surface area (TPSA) is 244 Å². The van der Waals surface area contributed by atoms with Crippen LogP contribution in [0, 0.1) is 50.6 Å². The third-order valence-corrected chi connectivity index (χ3v) is 4.85. The van der Waals surface area contributed by atoms with Gasteiger partial charge in [0, 0.05) is 0 Å². The van der Waals surface area contributed by atoms with Gasteiger partial charge in [0.1, 0.15) is 0 Å². The van der Waals surface area contributed by atoms with Crippen LogP contribution >= 0.6 is 0 Å². The third-order valence-electron chi connectivity index (χ3n) is 4.85. The van der Waals surface area contributed by atoms with E-state index in [0.717, 1.165) is 0 Å².